The predicted octanol–water partition coefficient (Wildman–Crippen LogP) is 2.80. The first-order chi connectivity index (χ1) is 7.12. The van der Waals surface area contributed by atoms with Crippen LogP contribution in [0.4, 0.5) is 0 Å². The monoisotopic (exact) mass is 245 g/mol. The average Bonchev–Trinajstić information content (AvgIpc) is 2.50. The summed E-state index contributed by atoms with van der Waals surface area (Å²) in [5, 5.41) is 0. The Morgan fingerprint density at radius 3 is 2.73 bits per heavy atom. The summed E-state index contributed by atoms with van der Waals surface area (Å²) in [6, 6.07) is 4.35. The Balaban J connectivity index is 2.08. The highest BCUT2D eigenvalue weighted by atomic mass is 35.5. The number of ether oxygens (including phenoxy) is 1. The molecule has 1 saturated heterocycles. The minimum absolute atomic E-state index is 0.200. The Bertz CT molecular complexity index is 333. The van der Waals surface area contributed by atoms with Crippen molar-refractivity contribution in [1.29, 1.82) is 0 Å². The van der Waals surface area contributed by atoms with Gasteiger partial charge in [-0.1, -0.05) is 11.6 Å². The van der Waals surface area contributed by atoms with Crippen molar-refractivity contribution < 1.29 is 4.74 Å². The fourth-order valence-electron chi connectivity index (χ4n) is 1.86. The van der Waals surface area contributed by atoms with Crippen LogP contribution in [0.2, 0.25) is 4.34 Å². The number of halogens is 1. The molecular weight excluding hydrogens is 230 g/mol. The maximum atomic E-state index is 5.96. The summed E-state index contributed by atoms with van der Waals surface area (Å²) in [4.78, 5) is 1.35. The van der Waals surface area contributed by atoms with E-state index in [0.29, 0.717) is 0 Å². The SMILES string of the molecule is CC(N)CCC1(c2ccc(Cl)s2)COC1. The molecule has 4 heteroatoms. The first-order valence-electron chi connectivity index (χ1n) is 5.21. The molecule has 0 bridgehead atoms. The largest absolute Gasteiger partial charge is 0.379 e. The minimum Gasteiger partial charge on any atom is -0.379 e. The summed E-state index contributed by atoms with van der Waals surface area (Å²) in [5.41, 5.74) is 6.00. The lowest BCUT2D eigenvalue weighted by Crippen LogP contribution is -2.46. The van der Waals surface area contributed by atoms with Gasteiger partial charge in [0, 0.05) is 10.9 Å². The van der Waals surface area contributed by atoms with Gasteiger partial charge in [0.25, 0.3) is 0 Å². The number of hydrogen-bond acceptors (Lipinski definition) is 3. The molecular formula is C11H16ClNOS. The van der Waals surface area contributed by atoms with Gasteiger partial charge in [0.2, 0.25) is 0 Å². The lowest BCUT2D eigenvalue weighted by atomic mass is 9.79. The maximum Gasteiger partial charge on any atom is 0.0931 e. The van der Waals surface area contributed by atoms with E-state index in [9.17, 15) is 0 Å². The van der Waals surface area contributed by atoms with E-state index >= 15 is 0 Å². The van der Waals surface area contributed by atoms with E-state index in [0.717, 1.165) is 30.4 Å². The van der Waals surface area contributed by atoms with Crippen LogP contribution in [0.15, 0.2) is 12.1 Å². The van der Waals surface area contributed by atoms with Crippen molar-refractivity contribution in [1.82, 2.24) is 0 Å². The molecule has 1 aromatic rings. The second-order valence-corrected chi connectivity index (χ2v) is 6.11. The van der Waals surface area contributed by atoms with E-state index in [2.05, 4.69) is 13.0 Å². The summed E-state index contributed by atoms with van der Waals surface area (Å²) in [6.45, 7) is 3.68. The molecule has 0 amide bonds. The van der Waals surface area contributed by atoms with Crippen molar-refractivity contribution in [3.05, 3.63) is 21.3 Å². The summed E-state index contributed by atoms with van der Waals surface area (Å²) < 4.78 is 6.22. The van der Waals surface area contributed by atoms with Crippen molar-refractivity contribution in [2.45, 2.75) is 31.2 Å². The molecule has 2 heterocycles. The standard InChI is InChI=1S/C11H16ClNOS/c1-8(13)4-5-11(6-14-7-11)9-2-3-10(12)15-9/h2-3,8H,4-7,13H2,1H3. The first kappa shape index (κ1) is 11.4. The second kappa shape index (κ2) is 4.42. The number of nitrogens with two attached hydrogens (primary N) is 1. The Labute approximate surface area is 99.4 Å². The third-order valence-electron chi connectivity index (χ3n) is 2.93. The van der Waals surface area contributed by atoms with E-state index in [4.69, 9.17) is 22.1 Å². The molecule has 0 radical (unpaired) electrons. The molecule has 1 unspecified atom stereocenters. The molecule has 1 atom stereocenters. The van der Waals surface area contributed by atoms with Gasteiger partial charge in [-0.25, -0.2) is 0 Å². The molecule has 0 saturated carbocycles. The molecule has 0 spiro atoms. The lowest BCUT2D eigenvalue weighted by Gasteiger charge is -2.41. The lowest BCUT2D eigenvalue weighted by molar-refractivity contribution is -0.0638. The highest BCUT2D eigenvalue weighted by molar-refractivity contribution is 7.16. The normalized spacial score (nSPS) is 21.0. The molecule has 2 nitrogen and oxygen atoms in total. The third kappa shape index (κ3) is 2.36. The van der Waals surface area contributed by atoms with Crippen molar-refractivity contribution >= 4 is 22.9 Å². The maximum absolute atomic E-state index is 5.96. The van der Waals surface area contributed by atoms with Crippen molar-refractivity contribution in [2.75, 3.05) is 13.2 Å². The van der Waals surface area contributed by atoms with E-state index in [1.54, 1.807) is 11.3 Å². The van der Waals surface area contributed by atoms with Gasteiger partial charge in [-0.05, 0) is 31.9 Å². The van der Waals surface area contributed by atoms with Gasteiger partial charge < -0.3 is 10.5 Å². The molecule has 2 N–H and O–H groups in total. The van der Waals surface area contributed by atoms with Gasteiger partial charge in [0.15, 0.2) is 0 Å². The van der Waals surface area contributed by atoms with Gasteiger partial charge >= 0.3 is 0 Å². The number of hydrogen-bond donors (Lipinski definition) is 1. The van der Waals surface area contributed by atoms with Gasteiger partial charge in [0.1, 0.15) is 0 Å². The van der Waals surface area contributed by atoms with Crippen LogP contribution in [-0.2, 0) is 10.2 Å². The van der Waals surface area contributed by atoms with Crippen LogP contribution in [-0.4, -0.2) is 19.3 Å². The van der Waals surface area contributed by atoms with Gasteiger partial charge in [-0.15, -0.1) is 11.3 Å². The topological polar surface area (TPSA) is 35.2 Å². The minimum atomic E-state index is 0.200. The van der Waals surface area contributed by atoms with Crippen LogP contribution in [0.1, 0.15) is 24.6 Å². The zero-order chi connectivity index (χ0) is 10.9. The van der Waals surface area contributed by atoms with Crippen LogP contribution in [0.25, 0.3) is 0 Å². The van der Waals surface area contributed by atoms with Crippen molar-refractivity contribution in [2.24, 2.45) is 5.73 Å². The number of rotatable bonds is 4. The van der Waals surface area contributed by atoms with Gasteiger partial charge in [0.05, 0.1) is 23.0 Å². The smallest absolute Gasteiger partial charge is 0.0931 e. The molecule has 1 aliphatic rings. The first-order valence-corrected chi connectivity index (χ1v) is 6.41. The van der Waals surface area contributed by atoms with Crippen LogP contribution < -0.4 is 5.73 Å². The van der Waals surface area contributed by atoms with Gasteiger partial charge in [-0.2, -0.15) is 0 Å². The Morgan fingerprint density at radius 1 is 1.60 bits per heavy atom. The fourth-order valence-corrected chi connectivity index (χ4v) is 3.09. The molecule has 0 aliphatic carbocycles. The molecule has 1 aliphatic heterocycles. The van der Waals surface area contributed by atoms with Crippen LogP contribution in [0.3, 0.4) is 0 Å². The summed E-state index contributed by atoms with van der Waals surface area (Å²) >= 11 is 7.63. The summed E-state index contributed by atoms with van der Waals surface area (Å²) in [7, 11) is 0. The highest BCUT2D eigenvalue weighted by Crippen LogP contribution is 2.41. The molecule has 84 valence electrons. The van der Waals surface area contributed by atoms with Crippen molar-refractivity contribution in [3.63, 3.8) is 0 Å². The van der Waals surface area contributed by atoms with Crippen LogP contribution >= 0.6 is 22.9 Å². The fraction of sp³-hybridized carbons (Fsp3) is 0.636. The Morgan fingerprint density at radius 2 is 2.33 bits per heavy atom. The highest BCUT2D eigenvalue weighted by Gasteiger charge is 2.41. The summed E-state index contributed by atoms with van der Waals surface area (Å²) in [5.74, 6) is 0. The van der Waals surface area contributed by atoms with Gasteiger partial charge in [-0.3, -0.25) is 0 Å². The quantitative estimate of drug-likeness (QED) is 0.886. The number of thiophene rings is 1. The van der Waals surface area contributed by atoms with E-state index < -0.39 is 0 Å². The average molecular weight is 246 g/mol. The Hall–Kier alpha value is -0.0900. The molecule has 1 fully saturated rings. The third-order valence-corrected chi connectivity index (χ3v) is 4.41. The zero-order valence-electron chi connectivity index (χ0n) is 8.83. The molecule has 0 aromatic carbocycles. The second-order valence-electron chi connectivity index (χ2n) is 4.39. The zero-order valence-corrected chi connectivity index (χ0v) is 10.4. The van der Waals surface area contributed by atoms with E-state index in [1.807, 2.05) is 6.07 Å². The van der Waals surface area contributed by atoms with E-state index in [-0.39, 0.29) is 11.5 Å². The predicted molar refractivity (Wildman–Crippen MR) is 64.7 cm³/mol. The Kier molecular flexibility index (Phi) is 3.36. The summed E-state index contributed by atoms with van der Waals surface area (Å²) in [6.07, 6.45) is 2.14. The molecule has 1 aromatic heterocycles. The van der Waals surface area contributed by atoms with Crippen LogP contribution in [0, 0.1) is 0 Å². The van der Waals surface area contributed by atoms with Crippen LogP contribution in [0.5, 0.6) is 0 Å². The molecule has 15 heavy (non-hydrogen) atoms. The molecule has 2 rings (SSSR count). The van der Waals surface area contributed by atoms with Crippen molar-refractivity contribution in [3.8, 4) is 0 Å². The van der Waals surface area contributed by atoms with E-state index in [1.165, 1.54) is 4.88 Å².